The van der Waals surface area contributed by atoms with Crippen LogP contribution in [0.5, 0.6) is 0 Å². The topological polar surface area (TPSA) is 112 Å². The maximum atomic E-state index is 12.3. The Morgan fingerprint density at radius 1 is 1.18 bits per heavy atom. The van der Waals surface area contributed by atoms with Gasteiger partial charge < -0.3 is 14.8 Å². The summed E-state index contributed by atoms with van der Waals surface area (Å²) in [6.07, 6.45) is 0.668. The van der Waals surface area contributed by atoms with E-state index in [0.29, 0.717) is 17.8 Å². The number of nitrogens with one attached hydrogen (secondary N) is 1. The average molecular weight is 388 g/mol. The van der Waals surface area contributed by atoms with Crippen molar-refractivity contribution in [3.8, 4) is 5.69 Å². The minimum absolute atomic E-state index is 0.0168. The molecule has 9 heteroatoms. The maximum Gasteiger partial charge on any atom is 0.361 e. The van der Waals surface area contributed by atoms with Crippen molar-refractivity contribution >= 4 is 17.8 Å². The van der Waals surface area contributed by atoms with Crippen LogP contribution in [-0.4, -0.2) is 52.6 Å². The summed E-state index contributed by atoms with van der Waals surface area (Å²) in [6.45, 7) is 4.80. The predicted octanol–water partition coefficient (Wildman–Crippen LogP) is 1.44. The van der Waals surface area contributed by atoms with Gasteiger partial charge in [-0.05, 0) is 25.0 Å². The number of aryl methyl sites for hydroxylation is 1. The van der Waals surface area contributed by atoms with Crippen LogP contribution < -0.4 is 5.32 Å². The molecule has 2 atom stereocenters. The fraction of sp³-hybridized carbons (Fsp3) is 0.421. The van der Waals surface area contributed by atoms with Crippen LogP contribution >= 0.6 is 0 Å². The van der Waals surface area contributed by atoms with Gasteiger partial charge in [0.05, 0.1) is 18.5 Å². The Hall–Kier alpha value is -3.23. The smallest absolute Gasteiger partial charge is 0.361 e. The van der Waals surface area contributed by atoms with Crippen molar-refractivity contribution in [3.05, 3.63) is 41.7 Å². The lowest BCUT2D eigenvalue weighted by atomic mass is 9.99. The van der Waals surface area contributed by atoms with Crippen LogP contribution in [0.3, 0.4) is 0 Å². The lowest BCUT2D eigenvalue weighted by molar-refractivity contribution is -0.147. The molecule has 0 unspecified atom stereocenters. The molecule has 2 rings (SSSR count). The number of nitrogens with zero attached hydrogens (tertiary/aromatic N) is 3. The lowest BCUT2D eigenvalue weighted by Gasteiger charge is -2.21. The number of para-hydroxylation sites is 1. The van der Waals surface area contributed by atoms with E-state index in [2.05, 4.69) is 15.5 Å². The standard InChI is InChI=1S/C19H24N4O5/c1-5-12(2)16(18(25)27-4)20-15(24)11-28-19(26)17-13(3)21-23(22-17)14-9-7-6-8-10-14/h6-10,12,16H,5,11H2,1-4H3,(H,20,24)/t12-,16+/m0/s1. The summed E-state index contributed by atoms with van der Waals surface area (Å²) in [6, 6.07) is 8.29. The van der Waals surface area contributed by atoms with Crippen LogP contribution in [0.25, 0.3) is 5.69 Å². The van der Waals surface area contributed by atoms with Gasteiger partial charge in [-0.3, -0.25) is 4.79 Å². The lowest BCUT2D eigenvalue weighted by Crippen LogP contribution is -2.47. The minimum atomic E-state index is -0.804. The molecule has 2 aromatic rings. The van der Waals surface area contributed by atoms with Crippen LogP contribution in [-0.2, 0) is 19.1 Å². The predicted molar refractivity (Wildman–Crippen MR) is 99.8 cm³/mol. The van der Waals surface area contributed by atoms with Crippen LogP contribution in [0.1, 0.15) is 36.5 Å². The summed E-state index contributed by atoms with van der Waals surface area (Å²) in [5.74, 6) is -2.04. The highest BCUT2D eigenvalue weighted by Gasteiger charge is 2.27. The summed E-state index contributed by atoms with van der Waals surface area (Å²) in [5.41, 5.74) is 1.08. The molecule has 0 bridgehead atoms. The number of amides is 1. The van der Waals surface area contributed by atoms with E-state index in [1.54, 1.807) is 19.1 Å². The second kappa shape index (κ2) is 9.63. The SMILES string of the molecule is CC[C@H](C)[C@@H](NC(=O)COC(=O)c1nn(-c2ccccc2)nc1C)C(=O)OC. The van der Waals surface area contributed by atoms with Crippen LogP contribution in [0.4, 0.5) is 0 Å². The van der Waals surface area contributed by atoms with Crippen LogP contribution in [0.2, 0.25) is 0 Å². The second-order valence-electron chi connectivity index (χ2n) is 6.29. The number of methoxy groups -OCH3 is 1. The third kappa shape index (κ3) is 5.15. The number of hydrogen-bond acceptors (Lipinski definition) is 7. The van der Waals surface area contributed by atoms with Crippen molar-refractivity contribution in [2.24, 2.45) is 5.92 Å². The van der Waals surface area contributed by atoms with E-state index in [9.17, 15) is 14.4 Å². The monoisotopic (exact) mass is 388 g/mol. The van der Waals surface area contributed by atoms with Crippen molar-refractivity contribution in [3.63, 3.8) is 0 Å². The van der Waals surface area contributed by atoms with Crippen molar-refractivity contribution in [2.45, 2.75) is 33.2 Å². The summed E-state index contributed by atoms with van der Waals surface area (Å²) < 4.78 is 9.74. The summed E-state index contributed by atoms with van der Waals surface area (Å²) >= 11 is 0. The molecule has 0 fully saturated rings. The number of esters is 2. The fourth-order valence-corrected chi connectivity index (χ4v) is 2.45. The molecule has 0 radical (unpaired) electrons. The molecule has 28 heavy (non-hydrogen) atoms. The van der Waals surface area contributed by atoms with Crippen LogP contribution in [0.15, 0.2) is 30.3 Å². The summed E-state index contributed by atoms with van der Waals surface area (Å²) in [4.78, 5) is 37.5. The van der Waals surface area contributed by atoms with E-state index in [-0.39, 0.29) is 11.6 Å². The number of benzene rings is 1. The Balaban J connectivity index is 1.99. The average Bonchev–Trinajstić information content (AvgIpc) is 3.11. The number of ether oxygens (including phenoxy) is 2. The van der Waals surface area contributed by atoms with E-state index in [1.807, 2.05) is 32.0 Å². The molecule has 0 saturated heterocycles. The second-order valence-corrected chi connectivity index (χ2v) is 6.29. The molecular weight excluding hydrogens is 364 g/mol. The van der Waals surface area contributed by atoms with Gasteiger partial charge in [-0.25, -0.2) is 9.59 Å². The highest BCUT2D eigenvalue weighted by atomic mass is 16.5. The van der Waals surface area contributed by atoms with Crippen molar-refractivity contribution in [1.29, 1.82) is 0 Å². The van der Waals surface area contributed by atoms with Gasteiger partial charge in [-0.1, -0.05) is 38.5 Å². The Labute approximate surface area is 163 Å². The zero-order valence-corrected chi connectivity index (χ0v) is 16.3. The van der Waals surface area contributed by atoms with Gasteiger partial charge in [0.1, 0.15) is 6.04 Å². The Morgan fingerprint density at radius 3 is 2.46 bits per heavy atom. The Kier molecular flexibility index (Phi) is 7.25. The first-order valence-corrected chi connectivity index (χ1v) is 8.91. The third-order valence-electron chi connectivity index (χ3n) is 4.28. The molecule has 0 saturated carbocycles. The Bertz CT molecular complexity index is 834. The number of hydrogen-bond donors (Lipinski definition) is 1. The van der Waals surface area contributed by atoms with Gasteiger partial charge in [0.25, 0.3) is 5.91 Å². The van der Waals surface area contributed by atoms with Gasteiger partial charge in [-0.2, -0.15) is 9.90 Å². The number of carbonyl (C=O) groups is 3. The molecule has 1 N–H and O–H groups in total. The number of rotatable bonds is 8. The van der Waals surface area contributed by atoms with Gasteiger partial charge >= 0.3 is 11.9 Å². The summed E-state index contributed by atoms with van der Waals surface area (Å²) in [5, 5.41) is 10.9. The summed E-state index contributed by atoms with van der Waals surface area (Å²) in [7, 11) is 1.25. The largest absolute Gasteiger partial charge is 0.467 e. The maximum absolute atomic E-state index is 12.3. The van der Waals surface area contributed by atoms with E-state index in [4.69, 9.17) is 9.47 Å². The highest BCUT2D eigenvalue weighted by Crippen LogP contribution is 2.11. The van der Waals surface area contributed by atoms with E-state index in [0.717, 1.165) is 0 Å². The van der Waals surface area contributed by atoms with Crippen molar-refractivity contribution < 1.29 is 23.9 Å². The van der Waals surface area contributed by atoms with Crippen molar-refractivity contribution in [1.82, 2.24) is 20.3 Å². The molecular formula is C19H24N4O5. The zero-order chi connectivity index (χ0) is 20.7. The van der Waals surface area contributed by atoms with Gasteiger partial charge in [0.2, 0.25) is 0 Å². The van der Waals surface area contributed by atoms with Crippen molar-refractivity contribution in [2.75, 3.05) is 13.7 Å². The minimum Gasteiger partial charge on any atom is -0.467 e. The molecule has 150 valence electrons. The quantitative estimate of drug-likeness (QED) is 0.681. The molecule has 0 aliphatic rings. The van der Waals surface area contributed by atoms with Gasteiger partial charge in [0, 0.05) is 0 Å². The third-order valence-corrected chi connectivity index (χ3v) is 4.28. The molecule has 1 aromatic carbocycles. The molecule has 9 nitrogen and oxygen atoms in total. The highest BCUT2D eigenvalue weighted by molar-refractivity contribution is 5.91. The van der Waals surface area contributed by atoms with E-state index < -0.39 is 30.5 Å². The molecule has 0 spiro atoms. The van der Waals surface area contributed by atoms with Gasteiger partial charge in [0.15, 0.2) is 12.3 Å². The first-order valence-electron chi connectivity index (χ1n) is 8.91. The normalized spacial score (nSPS) is 12.7. The van der Waals surface area contributed by atoms with E-state index in [1.165, 1.54) is 11.9 Å². The van der Waals surface area contributed by atoms with Crippen LogP contribution in [0, 0.1) is 12.8 Å². The molecule has 1 aromatic heterocycles. The molecule has 0 aliphatic heterocycles. The first kappa shape index (κ1) is 21.1. The Morgan fingerprint density at radius 2 is 1.86 bits per heavy atom. The zero-order valence-electron chi connectivity index (χ0n) is 16.3. The first-order chi connectivity index (χ1) is 13.4. The van der Waals surface area contributed by atoms with E-state index >= 15 is 0 Å². The number of carbonyl (C=O) groups excluding carboxylic acids is 3. The molecule has 1 amide bonds. The molecule has 1 heterocycles. The fourth-order valence-electron chi connectivity index (χ4n) is 2.45. The van der Waals surface area contributed by atoms with Gasteiger partial charge in [-0.15, -0.1) is 5.10 Å². The number of aromatic nitrogens is 3. The molecule has 0 aliphatic carbocycles.